The molecule has 0 fully saturated rings. The van der Waals surface area contributed by atoms with E-state index in [-0.39, 0.29) is 36.3 Å². The van der Waals surface area contributed by atoms with E-state index in [1.165, 1.54) is 5.56 Å². The normalized spacial score (nSPS) is 11.1. The number of hydrogen-bond acceptors (Lipinski definition) is 4. The van der Waals surface area contributed by atoms with Crippen LogP contribution in [0.25, 0.3) is 0 Å². The molecule has 2 rings (SSSR count). The predicted molar refractivity (Wildman–Crippen MR) is 138 cm³/mol. The van der Waals surface area contributed by atoms with Crippen LogP contribution in [0.15, 0.2) is 53.5 Å². The lowest BCUT2D eigenvalue weighted by atomic mass is 10.2. The largest absolute Gasteiger partial charge is 0.490 e. The smallest absolute Gasteiger partial charge is 0.387 e. The monoisotopic (exact) mass is 577 g/mol. The van der Waals surface area contributed by atoms with E-state index in [2.05, 4.69) is 27.8 Å². The number of rotatable bonds is 14. The van der Waals surface area contributed by atoms with Crippen molar-refractivity contribution in [2.75, 3.05) is 33.4 Å². The Morgan fingerprint density at radius 3 is 2.48 bits per heavy atom. The van der Waals surface area contributed by atoms with Crippen LogP contribution in [0.1, 0.15) is 30.9 Å². The molecule has 6 nitrogen and oxygen atoms in total. The van der Waals surface area contributed by atoms with Crippen LogP contribution in [0.2, 0.25) is 0 Å². The molecule has 0 aliphatic rings. The lowest BCUT2D eigenvalue weighted by Crippen LogP contribution is -2.37. The van der Waals surface area contributed by atoms with E-state index >= 15 is 0 Å². The number of hydrogen-bond donors (Lipinski definition) is 2. The molecule has 0 bridgehead atoms. The molecule has 0 saturated carbocycles. The Balaban J connectivity index is 0.00000544. The minimum absolute atomic E-state index is 0. The molecule has 0 spiro atoms. The van der Waals surface area contributed by atoms with Crippen LogP contribution < -0.4 is 20.1 Å². The van der Waals surface area contributed by atoms with Crippen LogP contribution in [0.3, 0.4) is 0 Å². The van der Waals surface area contributed by atoms with E-state index in [0.717, 1.165) is 25.8 Å². The Bertz CT molecular complexity index is 811. The zero-order valence-electron chi connectivity index (χ0n) is 19.2. The van der Waals surface area contributed by atoms with Gasteiger partial charge < -0.3 is 24.8 Å². The molecule has 0 aromatic heterocycles. The van der Waals surface area contributed by atoms with Gasteiger partial charge in [-0.25, -0.2) is 0 Å². The molecule has 0 aliphatic carbocycles. The van der Waals surface area contributed by atoms with Crippen molar-refractivity contribution in [3.8, 4) is 11.5 Å². The van der Waals surface area contributed by atoms with Gasteiger partial charge in [-0.15, -0.1) is 24.0 Å². The summed E-state index contributed by atoms with van der Waals surface area (Å²) in [4.78, 5) is 4.18. The van der Waals surface area contributed by atoms with Gasteiger partial charge in [0.25, 0.3) is 0 Å². The number of nitrogens with one attached hydrogen (secondary N) is 2. The lowest BCUT2D eigenvalue weighted by Gasteiger charge is -2.17. The van der Waals surface area contributed by atoms with Crippen molar-refractivity contribution < 1.29 is 23.0 Å². The van der Waals surface area contributed by atoms with Crippen molar-refractivity contribution >= 4 is 29.9 Å². The number of unbranched alkanes of at least 4 members (excludes halogenated alkanes) is 1. The third kappa shape index (κ3) is 11.5. The maximum Gasteiger partial charge on any atom is 0.387 e. The van der Waals surface area contributed by atoms with Crippen molar-refractivity contribution in [2.45, 2.75) is 39.3 Å². The summed E-state index contributed by atoms with van der Waals surface area (Å²) in [6.07, 6.45) is 2.77. The first-order valence-corrected chi connectivity index (χ1v) is 10.9. The van der Waals surface area contributed by atoms with E-state index < -0.39 is 6.61 Å². The highest BCUT2D eigenvalue weighted by molar-refractivity contribution is 14.0. The van der Waals surface area contributed by atoms with Crippen molar-refractivity contribution in [1.82, 2.24) is 10.6 Å². The summed E-state index contributed by atoms with van der Waals surface area (Å²) in [5, 5.41) is 6.34. The minimum atomic E-state index is -2.93. The topological polar surface area (TPSA) is 64.1 Å². The number of benzene rings is 2. The summed E-state index contributed by atoms with van der Waals surface area (Å²) < 4.78 is 41.5. The van der Waals surface area contributed by atoms with Crippen LogP contribution in [-0.2, 0) is 17.7 Å². The zero-order valence-corrected chi connectivity index (χ0v) is 21.5. The second-order valence-electron chi connectivity index (χ2n) is 6.96. The van der Waals surface area contributed by atoms with E-state index in [9.17, 15) is 8.78 Å². The van der Waals surface area contributed by atoms with E-state index in [1.807, 2.05) is 18.2 Å². The molecule has 2 aromatic carbocycles. The van der Waals surface area contributed by atoms with Gasteiger partial charge in [-0.2, -0.15) is 8.78 Å². The molecule has 2 aromatic rings. The molecule has 0 saturated heterocycles. The van der Waals surface area contributed by atoms with Crippen molar-refractivity contribution in [3.63, 3.8) is 0 Å². The summed E-state index contributed by atoms with van der Waals surface area (Å²) >= 11 is 0. The fourth-order valence-electron chi connectivity index (χ4n) is 3.06. The van der Waals surface area contributed by atoms with Crippen LogP contribution in [-0.4, -0.2) is 46.0 Å². The SMILES string of the molecule is CCOc1cccc(CNC(=NC)NCCCCOCCc2ccccc2)c1OC(F)F.I. The maximum atomic E-state index is 12.8. The highest BCUT2D eigenvalue weighted by atomic mass is 127. The fraction of sp³-hybridized carbons (Fsp3) is 0.458. The van der Waals surface area contributed by atoms with Gasteiger partial charge in [-0.05, 0) is 37.8 Å². The molecule has 9 heteroatoms. The van der Waals surface area contributed by atoms with E-state index in [4.69, 9.17) is 14.2 Å². The number of nitrogens with zero attached hydrogens (tertiary/aromatic N) is 1. The quantitative estimate of drug-likeness (QED) is 0.143. The first-order valence-electron chi connectivity index (χ1n) is 10.9. The minimum Gasteiger partial charge on any atom is -0.490 e. The lowest BCUT2D eigenvalue weighted by molar-refractivity contribution is -0.0520. The summed E-state index contributed by atoms with van der Waals surface area (Å²) in [6.45, 7) is 1.63. The van der Waals surface area contributed by atoms with Gasteiger partial charge in [0.05, 0.1) is 13.2 Å². The molecule has 184 valence electrons. The average Bonchev–Trinajstić information content (AvgIpc) is 2.79. The second kappa shape index (κ2) is 17.4. The van der Waals surface area contributed by atoms with Gasteiger partial charge >= 0.3 is 6.61 Å². The molecule has 0 atom stereocenters. The fourth-order valence-corrected chi connectivity index (χ4v) is 3.06. The Labute approximate surface area is 212 Å². The van der Waals surface area contributed by atoms with Crippen LogP contribution >= 0.6 is 24.0 Å². The summed E-state index contributed by atoms with van der Waals surface area (Å²) in [5.41, 5.74) is 1.84. The van der Waals surface area contributed by atoms with Gasteiger partial charge in [-0.3, -0.25) is 4.99 Å². The summed E-state index contributed by atoms with van der Waals surface area (Å²) in [7, 11) is 1.66. The third-order valence-electron chi connectivity index (χ3n) is 4.62. The molecular formula is C24H34F2IN3O3. The van der Waals surface area contributed by atoms with Crippen LogP contribution in [0, 0.1) is 0 Å². The first kappa shape index (κ1) is 28.9. The van der Waals surface area contributed by atoms with E-state index in [0.29, 0.717) is 37.1 Å². The third-order valence-corrected chi connectivity index (χ3v) is 4.62. The number of halogens is 3. The van der Waals surface area contributed by atoms with Gasteiger partial charge in [0.15, 0.2) is 17.5 Å². The maximum absolute atomic E-state index is 12.8. The molecule has 33 heavy (non-hydrogen) atoms. The van der Waals surface area contributed by atoms with Crippen molar-refractivity contribution in [1.29, 1.82) is 0 Å². The molecular weight excluding hydrogens is 543 g/mol. The van der Waals surface area contributed by atoms with Crippen LogP contribution in [0.4, 0.5) is 8.78 Å². The molecule has 2 N–H and O–H groups in total. The average molecular weight is 577 g/mol. The second-order valence-corrected chi connectivity index (χ2v) is 6.96. The molecule has 0 amide bonds. The summed E-state index contributed by atoms with van der Waals surface area (Å²) in [5.74, 6) is 0.919. The Kier molecular flexibility index (Phi) is 15.2. The number of para-hydroxylation sites is 1. The standard InChI is InChI=1S/C24H33F2N3O3.HI/c1-3-31-21-13-9-12-20(22(21)32-23(25)26)18-29-24(27-2)28-15-7-8-16-30-17-14-19-10-5-4-6-11-19;/h4-6,9-13,23H,3,7-8,14-18H2,1-2H3,(H2,27,28,29);1H. The predicted octanol–water partition coefficient (Wildman–Crippen LogP) is 5.01. The Morgan fingerprint density at radius 1 is 1.00 bits per heavy atom. The van der Waals surface area contributed by atoms with Gasteiger partial charge in [-0.1, -0.05) is 42.5 Å². The molecule has 0 aliphatic heterocycles. The van der Waals surface area contributed by atoms with Gasteiger partial charge in [0, 0.05) is 32.3 Å². The number of aliphatic imine (C=N–C) groups is 1. The highest BCUT2D eigenvalue weighted by Crippen LogP contribution is 2.32. The Hall–Kier alpha value is -2.14. The zero-order chi connectivity index (χ0) is 23.0. The van der Waals surface area contributed by atoms with Gasteiger partial charge in [0.2, 0.25) is 0 Å². The number of guanidine groups is 1. The van der Waals surface area contributed by atoms with E-state index in [1.54, 1.807) is 32.2 Å². The summed E-state index contributed by atoms with van der Waals surface area (Å²) in [6, 6.07) is 15.3. The molecule has 0 heterocycles. The van der Waals surface area contributed by atoms with Crippen LogP contribution in [0.5, 0.6) is 11.5 Å². The number of alkyl halides is 2. The highest BCUT2D eigenvalue weighted by Gasteiger charge is 2.16. The first-order chi connectivity index (χ1) is 15.6. The van der Waals surface area contributed by atoms with Crippen molar-refractivity contribution in [2.24, 2.45) is 4.99 Å². The van der Waals surface area contributed by atoms with Crippen molar-refractivity contribution in [3.05, 3.63) is 59.7 Å². The molecule has 0 unspecified atom stereocenters. The van der Waals surface area contributed by atoms with Gasteiger partial charge in [0.1, 0.15) is 0 Å². The molecule has 0 radical (unpaired) electrons. The Morgan fingerprint density at radius 2 is 1.79 bits per heavy atom. The number of ether oxygens (including phenoxy) is 3.